The zero-order valence-corrected chi connectivity index (χ0v) is 37.4. The number of nitrogens with zero attached hydrogens (tertiary/aromatic N) is 3. The lowest BCUT2D eigenvalue weighted by Crippen LogP contribution is -2.54. The van der Waals surface area contributed by atoms with Gasteiger partial charge in [-0.15, -0.1) is 11.3 Å². The van der Waals surface area contributed by atoms with Crippen LogP contribution in [0.25, 0.3) is 11.3 Å². The molecule has 6 amide bonds. The maximum absolute atomic E-state index is 13.5. The molecule has 0 saturated carbocycles. The average Bonchev–Trinajstić information content (AvgIpc) is 3.95. The number of carbonyl (C=O) groups is 6. The minimum Gasteiger partial charge on any atom is -0.491 e. The van der Waals surface area contributed by atoms with E-state index in [1.807, 2.05) is 88.1 Å². The highest BCUT2D eigenvalue weighted by molar-refractivity contribution is 7.16. The molecule has 0 spiro atoms. The van der Waals surface area contributed by atoms with Crippen molar-refractivity contribution in [1.82, 2.24) is 15.2 Å². The number of aromatic nitrogens is 1. The molecule has 14 nitrogen and oxygen atoms in total. The Labute approximate surface area is 371 Å². The first kappa shape index (κ1) is 46.1. The van der Waals surface area contributed by atoms with E-state index < -0.39 is 29.7 Å². The molecule has 1 atom stereocenters. The summed E-state index contributed by atoms with van der Waals surface area (Å²) in [5.41, 5.74) is 7.16. The summed E-state index contributed by atoms with van der Waals surface area (Å²) in [4.78, 5) is 85.6. The third-order valence-corrected chi connectivity index (χ3v) is 11.8. The molecule has 3 aliphatic heterocycles. The molecule has 15 heteroatoms. The van der Waals surface area contributed by atoms with Gasteiger partial charge in [-0.1, -0.05) is 62.8 Å². The van der Waals surface area contributed by atoms with Gasteiger partial charge < -0.3 is 25.0 Å². The molecule has 1 aromatic heterocycles. The number of benzene rings is 3. The number of allylic oxidation sites excluding steroid dienone is 2. The highest BCUT2D eigenvalue weighted by Gasteiger charge is 2.45. The zero-order chi connectivity index (χ0) is 45.2. The predicted molar refractivity (Wildman–Crippen MR) is 244 cm³/mol. The van der Waals surface area contributed by atoms with Crippen LogP contribution in [0.4, 0.5) is 16.5 Å². The van der Waals surface area contributed by atoms with Gasteiger partial charge in [0.2, 0.25) is 17.7 Å². The molecule has 330 valence electrons. The van der Waals surface area contributed by atoms with Crippen molar-refractivity contribution in [1.29, 1.82) is 0 Å². The van der Waals surface area contributed by atoms with E-state index in [2.05, 4.69) is 28.9 Å². The second-order valence-electron chi connectivity index (χ2n) is 15.0. The van der Waals surface area contributed by atoms with Crippen molar-refractivity contribution in [3.63, 3.8) is 0 Å². The molecule has 3 aromatic carbocycles. The number of hydrogen-bond acceptors (Lipinski definition) is 11. The Morgan fingerprint density at radius 3 is 2.54 bits per heavy atom. The average molecular weight is 875 g/mol. The molecule has 4 heterocycles. The molecule has 4 aromatic rings. The van der Waals surface area contributed by atoms with Gasteiger partial charge in [-0.05, 0) is 87.6 Å². The third kappa shape index (κ3) is 10.4. The van der Waals surface area contributed by atoms with E-state index in [4.69, 9.17) is 14.5 Å². The molecule has 0 bridgehead atoms. The number of imide groups is 2. The summed E-state index contributed by atoms with van der Waals surface area (Å²) >= 11 is 1.42. The summed E-state index contributed by atoms with van der Waals surface area (Å²) in [6.45, 7) is 13.7. The van der Waals surface area contributed by atoms with Crippen LogP contribution in [-0.2, 0) is 36.8 Å². The Morgan fingerprint density at radius 1 is 0.984 bits per heavy atom. The monoisotopic (exact) mass is 874 g/mol. The van der Waals surface area contributed by atoms with E-state index in [0.29, 0.717) is 29.7 Å². The van der Waals surface area contributed by atoms with Crippen LogP contribution in [0, 0.1) is 6.92 Å². The summed E-state index contributed by atoms with van der Waals surface area (Å²) in [6.07, 6.45) is 5.62. The second-order valence-corrected chi connectivity index (χ2v) is 16.2. The number of nitrogens with one attached hydrogen (secondary N) is 3. The van der Waals surface area contributed by atoms with E-state index in [-0.39, 0.29) is 62.0 Å². The van der Waals surface area contributed by atoms with E-state index in [1.54, 1.807) is 18.2 Å². The number of thiazole rings is 1. The number of fused-ring (bicyclic) bond motifs is 2. The number of aryl methyl sites for hydroxylation is 1. The van der Waals surface area contributed by atoms with Gasteiger partial charge in [0.05, 0.1) is 36.5 Å². The molecular weight excluding hydrogens is 821 g/mol. The fourth-order valence-corrected chi connectivity index (χ4v) is 8.56. The van der Waals surface area contributed by atoms with Gasteiger partial charge in [-0.2, -0.15) is 0 Å². The molecule has 3 aliphatic rings. The predicted octanol–water partition coefficient (Wildman–Crippen LogP) is 7.43. The lowest BCUT2D eigenvalue weighted by molar-refractivity contribution is -0.136. The van der Waals surface area contributed by atoms with Crippen LogP contribution < -0.4 is 25.6 Å². The maximum Gasteiger partial charge on any atom is 0.264 e. The summed E-state index contributed by atoms with van der Waals surface area (Å²) in [7, 11) is 0. The van der Waals surface area contributed by atoms with Gasteiger partial charge in [0.15, 0.2) is 5.13 Å². The lowest BCUT2D eigenvalue weighted by Gasteiger charge is -2.27. The van der Waals surface area contributed by atoms with E-state index in [9.17, 15) is 28.8 Å². The van der Waals surface area contributed by atoms with Crippen molar-refractivity contribution in [3.8, 4) is 17.0 Å². The standard InChI is InChI=1S/C46H48N6O8S.C2H6/c1-5-9-33(27(3)6-2)43(56)51-20-18-30-26-31(14-15-36(30)51)41-28(4)61-46(50-41)49-39(54)25-29-10-7-11-32(24-29)60-23-22-59-21-19-47-35-13-8-12-34-40(35)45(58)52(44(34)57)37-16-17-38(53)48-42(37)55;1-2/h5,7-15,24,26,37,47H,6,16-23,25H2,1-4H3,(H,48,53,55)(H,49,50,54);1-2H3/b9-5-,33-27+;. The van der Waals surface area contributed by atoms with Gasteiger partial charge in [-0.3, -0.25) is 39.0 Å². The van der Waals surface area contributed by atoms with Crippen LogP contribution in [-0.4, -0.2) is 84.3 Å². The maximum atomic E-state index is 13.5. The van der Waals surface area contributed by atoms with Crippen LogP contribution >= 0.6 is 11.3 Å². The van der Waals surface area contributed by atoms with Crippen molar-refractivity contribution < 1.29 is 38.2 Å². The van der Waals surface area contributed by atoms with Gasteiger partial charge >= 0.3 is 0 Å². The first-order valence-corrected chi connectivity index (χ1v) is 22.2. The molecule has 1 fully saturated rings. The second kappa shape index (κ2) is 21.1. The van der Waals surface area contributed by atoms with Crippen LogP contribution in [0.5, 0.6) is 5.75 Å². The Morgan fingerprint density at radius 2 is 1.78 bits per heavy atom. The molecule has 1 unspecified atom stereocenters. The van der Waals surface area contributed by atoms with Crippen molar-refractivity contribution >= 4 is 63.3 Å². The first-order valence-electron chi connectivity index (χ1n) is 21.4. The minimum absolute atomic E-state index is 0.0177. The van der Waals surface area contributed by atoms with Crippen LogP contribution in [0.2, 0.25) is 0 Å². The normalized spacial score (nSPS) is 16.0. The lowest BCUT2D eigenvalue weighted by atomic mass is 10.0. The number of anilines is 3. The highest BCUT2D eigenvalue weighted by Crippen LogP contribution is 2.37. The smallest absolute Gasteiger partial charge is 0.264 e. The van der Waals surface area contributed by atoms with Crippen molar-refractivity contribution in [3.05, 3.63) is 111 Å². The number of hydrogen-bond donors (Lipinski definition) is 3. The van der Waals surface area contributed by atoms with E-state index >= 15 is 0 Å². The largest absolute Gasteiger partial charge is 0.491 e. The quantitative estimate of drug-likeness (QED) is 0.0445. The van der Waals surface area contributed by atoms with Crippen molar-refractivity contribution in [2.24, 2.45) is 0 Å². The Hall–Kier alpha value is -6.45. The van der Waals surface area contributed by atoms with Gasteiger partial charge in [0, 0.05) is 46.9 Å². The van der Waals surface area contributed by atoms with Gasteiger partial charge in [-0.25, -0.2) is 4.98 Å². The summed E-state index contributed by atoms with van der Waals surface area (Å²) in [5, 5.41) is 8.81. The number of ether oxygens (including phenoxy) is 2. The zero-order valence-electron chi connectivity index (χ0n) is 36.6. The number of amides is 6. The Balaban J connectivity index is 0.00000326. The van der Waals surface area contributed by atoms with E-state index in [1.165, 1.54) is 11.3 Å². The molecule has 63 heavy (non-hydrogen) atoms. The molecule has 7 rings (SSSR count). The molecular formula is C48H54N6O8S. The molecule has 0 aliphatic carbocycles. The topological polar surface area (TPSA) is 176 Å². The molecule has 0 radical (unpaired) electrons. The van der Waals surface area contributed by atoms with Gasteiger partial charge in [0.1, 0.15) is 18.4 Å². The van der Waals surface area contributed by atoms with Crippen LogP contribution in [0.15, 0.2) is 84.0 Å². The Bertz CT molecular complexity index is 2470. The van der Waals surface area contributed by atoms with Gasteiger partial charge in [0.25, 0.3) is 17.7 Å². The molecule has 1 saturated heterocycles. The van der Waals surface area contributed by atoms with Crippen LogP contribution in [0.3, 0.4) is 0 Å². The number of piperidine rings is 1. The van der Waals surface area contributed by atoms with E-state index in [0.717, 1.165) is 61.8 Å². The number of rotatable bonds is 16. The number of carbonyl (C=O) groups excluding carboxylic acids is 6. The molecule has 3 N–H and O–H groups in total. The summed E-state index contributed by atoms with van der Waals surface area (Å²) in [5.74, 6) is -1.83. The fraction of sp³-hybridized carbons (Fsp3) is 0.354. The van der Waals surface area contributed by atoms with Crippen molar-refractivity contribution in [2.45, 2.75) is 79.7 Å². The summed E-state index contributed by atoms with van der Waals surface area (Å²) < 4.78 is 11.6. The third-order valence-electron chi connectivity index (χ3n) is 10.9. The Kier molecular flexibility index (Phi) is 15.4. The van der Waals surface area contributed by atoms with Crippen LogP contribution in [0.1, 0.15) is 90.6 Å². The highest BCUT2D eigenvalue weighted by atomic mass is 32.1. The first-order chi connectivity index (χ1) is 30.5. The minimum atomic E-state index is -1.04. The fourth-order valence-electron chi connectivity index (χ4n) is 7.71. The van der Waals surface area contributed by atoms with Crippen molar-refractivity contribution in [2.75, 3.05) is 48.4 Å². The summed E-state index contributed by atoms with van der Waals surface area (Å²) in [6, 6.07) is 17.2. The SMILES string of the molecule is C/C=C\C(C(=O)N1CCc2cc(-c3nc(NC(=O)Cc4cccc(OCCOCCNc5cccc6c5C(=O)N(C5CCC(=O)NC5=O)C6=O)c4)sc3C)ccc21)=C(\C)CC.CC.